The Hall–Kier alpha value is -7.01. The van der Waals surface area contributed by atoms with Gasteiger partial charge in [-0.05, 0) is 70.8 Å². The molecule has 0 saturated carbocycles. The summed E-state index contributed by atoms with van der Waals surface area (Å²) in [5.41, 5.74) is 6.01. The van der Waals surface area contributed by atoms with E-state index in [1.807, 2.05) is 13.8 Å². The molecule has 4 rings (SSSR count). The van der Waals surface area contributed by atoms with E-state index >= 15 is 0 Å². The first-order valence-corrected chi connectivity index (χ1v) is 26.0. The number of hydrogen-bond acceptors (Lipinski definition) is 14. The number of primary amides is 1. The molecule has 3 aliphatic rings. The third kappa shape index (κ3) is 16.5. The topological polar surface area (TPSA) is 331 Å². The SMILES string of the molecule is C/C=C1/NC(=O)[C@@H]2C[C@H](C)CN2C(=O)[C@H](C)C(=O)[C@@H](Cc2ccccc2)NC(=O)[C@H](COC)NC(=O)[C@H](NC(=O)/C(C)=C\CCC)[C@H](C)OC(=O)[C@@H]2C[C@@H](O)CN2C(=O)[C@H](CCC(N)=O)NC(=O)[C@H]([C@@H](C)CC)NC1=O. The zero-order valence-electron chi connectivity index (χ0n) is 45.0. The Bertz CT molecular complexity index is 2380. The molecule has 3 saturated heterocycles. The van der Waals surface area contributed by atoms with Crippen LogP contribution >= 0.6 is 0 Å². The van der Waals surface area contributed by atoms with Gasteiger partial charge < -0.3 is 62.0 Å². The highest BCUT2D eigenvalue weighted by Crippen LogP contribution is 2.27. The van der Waals surface area contributed by atoms with Crippen molar-refractivity contribution in [3.8, 4) is 0 Å². The van der Waals surface area contributed by atoms with Gasteiger partial charge in [-0.25, -0.2) is 4.79 Å². The Kier molecular flexibility index (Phi) is 23.3. The Morgan fingerprint density at radius 2 is 1.50 bits per heavy atom. The van der Waals surface area contributed by atoms with E-state index in [2.05, 4.69) is 31.9 Å². The minimum Gasteiger partial charge on any atom is -0.458 e. The first-order valence-electron chi connectivity index (χ1n) is 26.0. The van der Waals surface area contributed by atoms with Gasteiger partial charge in [-0.1, -0.05) is 83.0 Å². The molecule has 418 valence electrons. The van der Waals surface area contributed by atoms with Crippen LogP contribution in [0, 0.1) is 17.8 Å². The molecule has 1 aromatic rings. The van der Waals surface area contributed by atoms with Crippen LogP contribution in [0.25, 0.3) is 0 Å². The standard InChI is InChI=1S/C53H77N9O14/c1-10-13-17-30(6)45(66)60-43-32(8)76-53(74)40-24-34(63)26-62(40)52(73)36(20-21-41(54)64)56-49(70)42(29(5)11-2)59-46(67)35(12-3)55-48(69)39-22-28(4)25-61(39)51(72)31(7)44(65)37(23-33-18-15-14-16-19-33)57-47(68)38(27-75-9)58-50(43)71/h12,14-19,28-29,31-32,34,36-40,42-43,63H,10-11,13,20-27H2,1-9H3,(H2,54,64)(H,55,69)(H,56,70)(H,57,68)(H,58,71)(H,59,67)(H,60,66)/b30-17-,35-12+/t28-,29-,31+,32-,34+,36-,37+,38-,39-,40-,42-,43+/m0/s1. The predicted molar refractivity (Wildman–Crippen MR) is 275 cm³/mol. The molecule has 76 heavy (non-hydrogen) atoms. The number of aliphatic hydroxyl groups excluding tert-OH is 1. The number of ketones is 1. The van der Waals surface area contributed by atoms with Gasteiger partial charge in [-0.3, -0.25) is 47.9 Å². The predicted octanol–water partition coefficient (Wildman–Crippen LogP) is -0.273. The molecule has 3 fully saturated rings. The minimum absolute atomic E-state index is 0.0615. The highest BCUT2D eigenvalue weighted by molar-refractivity contribution is 6.07. The Balaban J connectivity index is 1.86. The van der Waals surface area contributed by atoms with Gasteiger partial charge in [0.1, 0.15) is 48.1 Å². The molecule has 9 N–H and O–H groups in total. The molecule has 0 unspecified atom stereocenters. The fraction of sp³-hybridized carbons (Fsp3) is 0.604. The average Bonchev–Trinajstić information content (AvgIpc) is 3.99. The van der Waals surface area contributed by atoms with Gasteiger partial charge in [0.25, 0.3) is 5.91 Å². The van der Waals surface area contributed by atoms with E-state index in [4.69, 9.17) is 15.2 Å². The molecule has 3 aliphatic heterocycles. The highest BCUT2D eigenvalue weighted by atomic mass is 16.5. The van der Waals surface area contributed by atoms with Gasteiger partial charge in [0.05, 0.1) is 24.7 Å². The molecule has 0 spiro atoms. The molecule has 0 aliphatic carbocycles. The summed E-state index contributed by atoms with van der Waals surface area (Å²) in [7, 11) is 1.25. The fourth-order valence-corrected chi connectivity index (χ4v) is 9.28. The summed E-state index contributed by atoms with van der Waals surface area (Å²) < 4.78 is 11.1. The number of benzene rings is 1. The lowest BCUT2D eigenvalue weighted by Crippen LogP contribution is -2.61. The van der Waals surface area contributed by atoms with Gasteiger partial charge in [0.2, 0.25) is 47.3 Å². The van der Waals surface area contributed by atoms with E-state index in [-0.39, 0.29) is 49.4 Å². The van der Waals surface area contributed by atoms with Crippen molar-refractivity contribution in [2.24, 2.45) is 23.5 Å². The summed E-state index contributed by atoms with van der Waals surface area (Å²) >= 11 is 0. The number of Topliss-reactive ketones (excluding diaryl/α,β-unsaturated/α-hetero) is 1. The monoisotopic (exact) mass is 1060 g/mol. The summed E-state index contributed by atoms with van der Waals surface area (Å²) in [4.78, 5) is 157. The highest BCUT2D eigenvalue weighted by Gasteiger charge is 2.46. The number of nitrogens with two attached hydrogens (primary N) is 1. The number of unbranched alkanes of at least 4 members (excludes halogenated alkanes) is 1. The van der Waals surface area contributed by atoms with Crippen molar-refractivity contribution in [1.82, 2.24) is 41.7 Å². The number of aliphatic hydroxyl groups is 1. The number of carbonyl (C=O) groups excluding carboxylic acids is 11. The van der Waals surface area contributed by atoms with Crippen LogP contribution in [-0.4, -0.2) is 161 Å². The van der Waals surface area contributed by atoms with Gasteiger partial charge >= 0.3 is 5.97 Å². The van der Waals surface area contributed by atoms with Gasteiger partial charge in [0, 0.05) is 38.6 Å². The second-order valence-electron chi connectivity index (χ2n) is 20.0. The number of allylic oxidation sites excluding steroid dienone is 2. The normalized spacial score (nSPS) is 29.2. The van der Waals surface area contributed by atoms with Crippen LogP contribution in [0.5, 0.6) is 0 Å². The lowest BCUT2D eigenvalue weighted by molar-refractivity contribution is -0.160. The zero-order chi connectivity index (χ0) is 56.6. The van der Waals surface area contributed by atoms with Crippen LogP contribution in [-0.2, 0) is 68.6 Å². The Morgan fingerprint density at radius 3 is 2.12 bits per heavy atom. The number of nitrogens with zero attached hydrogens (tertiary/aromatic N) is 2. The number of methoxy groups -OCH3 is 1. The summed E-state index contributed by atoms with van der Waals surface area (Å²) in [6.45, 7) is 11.9. The van der Waals surface area contributed by atoms with Gasteiger partial charge in [-0.2, -0.15) is 0 Å². The largest absolute Gasteiger partial charge is 0.458 e. The van der Waals surface area contributed by atoms with E-state index in [0.717, 1.165) is 4.90 Å². The van der Waals surface area contributed by atoms with Gasteiger partial charge in [0.15, 0.2) is 5.78 Å². The van der Waals surface area contributed by atoms with Crippen LogP contribution in [0.1, 0.15) is 106 Å². The van der Waals surface area contributed by atoms with E-state index < -0.39 is 151 Å². The first kappa shape index (κ1) is 61.5. The number of hydrogen-bond donors (Lipinski definition) is 8. The average molecular weight is 1060 g/mol. The van der Waals surface area contributed by atoms with Crippen molar-refractivity contribution in [2.45, 2.75) is 161 Å². The van der Waals surface area contributed by atoms with E-state index in [1.54, 1.807) is 50.3 Å². The minimum atomic E-state index is -1.72. The molecule has 23 nitrogen and oxygen atoms in total. The summed E-state index contributed by atoms with van der Waals surface area (Å²) in [5.74, 6) is -11.9. The quantitative estimate of drug-likeness (QED) is 0.0717. The van der Waals surface area contributed by atoms with Crippen LogP contribution in [0.2, 0.25) is 0 Å². The van der Waals surface area contributed by atoms with Crippen molar-refractivity contribution in [3.05, 3.63) is 59.3 Å². The van der Waals surface area contributed by atoms with Crippen LogP contribution in [0.4, 0.5) is 0 Å². The molecular weight excluding hydrogens is 987 g/mol. The second kappa shape index (κ2) is 28.8. The second-order valence-corrected chi connectivity index (χ2v) is 20.0. The lowest BCUT2D eigenvalue weighted by atomic mass is 9.93. The van der Waals surface area contributed by atoms with Crippen molar-refractivity contribution < 1.29 is 67.3 Å². The van der Waals surface area contributed by atoms with Crippen LogP contribution < -0.4 is 37.6 Å². The summed E-state index contributed by atoms with van der Waals surface area (Å²) in [6.07, 6.45) is 0.522. The first-order chi connectivity index (χ1) is 36.0. The maximum absolute atomic E-state index is 14.6. The van der Waals surface area contributed by atoms with Crippen molar-refractivity contribution in [1.29, 1.82) is 0 Å². The molecule has 0 bridgehead atoms. The Labute approximate surface area is 443 Å². The third-order valence-electron chi connectivity index (χ3n) is 13.9. The number of amides is 9. The maximum Gasteiger partial charge on any atom is 0.329 e. The van der Waals surface area contributed by atoms with Crippen molar-refractivity contribution in [3.63, 3.8) is 0 Å². The van der Waals surface area contributed by atoms with E-state index in [1.165, 1.54) is 45.8 Å². The number of nitrogens with one attached hydrogen (secondary N) is 6. The van der Waals surface area contributed by atoms with Crippen LogP contribution in [0.15, 0.2) is 53.8 Å². The molecule has 23 heteroatoms. The molecular formula is C53H77N9O14. The molecule has 3 heterocycles. The van der Waals surface area contributed by atoms with E-state index in [0.29, 0.717) is 24.8 Å². The molecule has 9 amide bonds. The maximum atomic E-state index is 14.6. The number of cyclic esters (lactones) is 1. The third-order valence-corrected chi connectivity index (χ3v) is 13.9. The summed E-state index contributed by atoms with van der Waals surface area (Å²) in [6, 6.07) is -1.67. The molecule has 1 aromatic carbocycles. The molecule has 0 aromatic heterocycles. The van der Waals surface area contributed by atoms with Crippen molar-refractivity contribution in [2.75, 3.05) is 26.8 Å². The number of rotatable bonds is 13. The van der Waals surface area contributed by atoms with Crippen molar-refractivity contribution >= 4 is 64.9 Å². The van der Waals surface area contributed by atoms with Crippen LogP contribution in [0.3, 0.4) is 0 Å². The lowest BCUT2D eigenvalue weighted by Gasteiger charge is -2.32. The number of fused-ring (bicyclic) bond motifs is 2. The number of ether oxygens (including phenoxy) is 2. The zero-order valence-corrected chi connectivity index (χ0v) is 45.0. The van der Waals surface area contributed by atoms with Gasteiger partial charge in [-0.15, -0.1) is 0 Å². The fourth-order valence-electron chi connectivity index (χ4n) is 9.28. The molecule has 0 radical (unpaired) electrons. The number of carbonyl (C=O) groups is 11. The molecule has 12 atom stereocenters. The Morgan fingerprint density at radius 1 is 0.855 bits per heavy atom. The smallest absolute Gasteiger partial charge is 0.329 e. The van der Waals surface area contributed by atoms with E-state index in [9.17, 15) is 57.8 Å². The summed E-state index contributed by atoms with van der Waals surface area (Å²) in [5, 5.41) is 26.5. The number of esters is 1.